The molecule has 142 valence electrons. The fourth-order valence-corrected chi connectivity index (χ4v) is 2.79. The Morgan fingerprint density at radius 3 is 2.52 bits per heavy atom. The van der Waals surface area contributed by atoms with Crippen molar-refractivity contribution in [3.05, 3.63) is 35.9 Å². The maximum absolute atomic E-state index is 10.1. The Bertz CT molecular complexity index is 488. The molecule has 0 radical (unpaired) electrons. The van der Waals surface area contributed by atoms with Crippen molar-refractivity contribution in [2.45, 2.75) is 50.1 Å². The largest absolute Gasteiger partial charge is 0.388 e. The lowest BCUT2D eigenvalue weighted by Crippen LogP contribution is -2.60. The smallest absolute Gasteiger partial charge is 0.186 e. The molecular formula is C18H29NO6. The summed E-state index contributed by atoms with van der Waals surface area (Å²) in [6.45, 7) is 3.12. The van der Waals surface area contributed by atoms with Crippen LogP contribution < -0.4 is 5.32 Å². The summed E-state index contributed by atoms with van der Waals surface area (Å²) < 4.78 is 16.3. The van der Waals surface area contributed by atoms with Crippen LogP contribution in [0.25, 0.3) is 0 Å². The number of benzene rings is 1. The van der Waals surface area contributed by atoms with Gasteiger partial charge in [-0.3, -0.25) is 0 Å². The summed E-state index contributed by atoms with van der Waals surface area (Å²) in [5.41, 5.74) is 1.11. The molecule has 7 nitrogen and oxygen atoms in total. The lowest BCUT2D eigenvalue weighted by Gasteiger charge is -2.40. The van der Waals surface area contributed by atoms with Gasteiger partial charge in [0, 0.05) is 19.7 Å². The number of methoxy groups -OCH3 is 1. The van der Waals surface area contributed by atoms with E-state index in [4.69, 9.17) is 14.2 Å². The Morgan fingerprint density at radius 2 is 1.84 bits per heavy atom. The first-order valence-electron chi connectivity index (χ1n) is 8.60. The first-order valence-corrected chi connectivity index (χ1v) is 8.60. The molecule has 0 bridgehead atoms. The maximum Gasteiger partial charge on any atom is 0.186 e. The third kappa shape index (κ3) is 6.00. The van der Waals surface area contributed by atoms with E-state index < -0.39 is 30.7 Å². The molecule has 0 saturated carbocycles. The van der Waals surface area contributed by atoms with Crippen molar-refractivity contribution >= 4 is 0 Å². The van der Waals surface area contributed by atoms with E-state index in [1.165, 1.54) is 0 Å². The van der Waals surface area contributed by atoms with Crippen molar-refractivity contribution in [1.29, 1.82) is 0 Å². The zero-order valence-corrected chi connectivity index (χ0v) is 14.7. The highest BCUT2D eigenvalue weighted by Gasteiger charge is 2.44. The van der Waals surface area contributed by atoms with Crippen LogP contribution in [0.15, 0.2) is 30.3 Å². The van der Waals surface area contributed by atoms with Crippen LogP contribution in [0.1, 0.15) is 12.5 Å². The third-order valence-electron chi connectivity index (χ3n) is 4.27. The number of ether oxygens (including phenoxy) is 3. The number of hydrogen-bond donors (Lipinski definition) is 4. The van der Waals surface area contributed by atoms with Crippen LogP contribution in [0.3, 0.4) is 0 Å². The lowest BCUT2D eigenvalue weighted by molar-refractivity contribution is -0.295. The summed E-state index contributed by atoms with van der Waals surface area (Å²) in [5.74, 6) is 0. The van der Waals surface area contributed by atoms with E-state index in [0.717, 1.165) is 5.56 Å². The normalized spacial score (nSPS) is 31.0. The van der Waals surface area contributed by atoms with Gasteiger partial charge in [0.2, 0.25) is 0 Å². The fourth-order valence-electron chi connectivity index (χ4n) is 2.79. The van der Waals surface area contributed by atoms with Gasteiger partial charge in [-0.1, -0.05) is 30.3 Å². The van der Waals surface area contributed by atoms with Crippen molar-refractivity contribution in [3.8, 4) is 0 Å². The van der Waals surface area contributed by atoms with E-state index in [9.17, 15) is 15.3 Å². The molecule has 1 saturated heterocycles. The Morgan fingerprint density at radius 1 is 1.12 bits per heavy atom. The highest BCUT2D eigenvalue weighted by atomic mass is 16.7. The Kier molecular flexibility index (Phi) is 8.25. The molecule has 1 aliphatic rings. The van der Waals surface area contributed by atoms with Crippen molar-refractivity contribution in [3.63, 3.8) is 0 Å². The van der Waals surface area contributed by atoms with Gasteiger partial charge in [0.25, 0.3) is 0 Å². The van der Waals surface area contributed by atoms with E-state index in [1.807, 2.05) is 37.3 Å². The van der Waals surface area contributed by atoms with E-state index in [1.54, 1.807) is 7.11 Å². The molecule has 1 aromatic carbocycles. The minimum atomic E-state index is -1.32. The van der Waals surface area contributed by atoms with Gasteiger partial charge in [-0.25, -0.2) is 0 Å². The molecule has 7 heteroatoms. The molecule has 25 heavy (non-hydrogen) atoms. The summed E-state index contributed by atoms with van der Waals surface area (Å²) in [4.78, 5) is 0. The van der Waals surface area contributed by atoms with Crippen LogP contribution in [-0.2, 0) is 20.6 Å². The molecule has 1 unspecified atom stereocenters. The molecule has 4 N–H and O–H groups in total. The summed E-state index contributed by atoms with van der Waals surface area (Å²) in [6, 6.07) is 9.89. The predicted molar refractivity (Wildman–Crippen MR) is 92.1 cm³/mol. The lowest BCUT2D eigenvalue weighted by atomic mass is 9.98. The summed E-state index contributed by atoms with van der Waals surface area (Å²) in [5, 5.41) is 33.4. The molecule has 1 aliphatic heterocycles. The molecule has 0 amide bonds. The second kappa shape index (κ2) is 10.2. The Labute approximate surface area is 148 Å². The quantitative estimate of drug-likeness (QED) is 0.482. The van der Waals surface area contributed by atoms with Gasteiger partial charge in [-0.05, 0) is 18.9 Å². The van der Waals surface area contributed by atoms with Crippen molar-refractivity contribution in [2.75, 3.05) is 26.9 Å². The van der Waals surface area contributed by atoms with E-state index in [0.29, 0.717) is 26.2 Å². The Balaban J connectivity index is 1.84. The van der Waals surface area contributed by atoms with Crippen LogP contribution in [0, 0.1) is 0 Å². The van der Waals surface area contributed by atoms with Crippen molar-refractivity contribution in [1.82, 2.24) is 5.32 Å². The Hall–Kier alpha value is -1.06. The highest BCUT2D eigenvalue weighted by molar-refractivity contribution is 5.14. The van der Waals surface area contributed by atoms with Crippen molar-refractivity contribution in [2.24, 2.45) is 0 Å². The fraction of sp³-hybridized carbons (Fsp3) is 0.667. The van der Waals surface area contributed by atoms with Gasteiger partial charge in [0.15, 0.2) is 6.29 Å². The van der Waals surface area contributed by atoms with Gasteiger partial charge >= 0.3 is 0 Å². The zero-order chi connectivity index (χ0) is 18.2. The maximum atomic E-state index is 10.1. The summed E-state index contributed by atoms with van der Waals surface area (Å²) >= 11 is 0. The van der Waals surface area contributed by atoms with Crippen LogP contribution in [0.4, 0.5) is 0 Å². The van der Waals surface area contributed by atoms with Crippen LogP contribution in [-0.4, -0.2) is 78.9 Å². The predicted octanol–water partition coefficient (Wildman–Crippen LogP) is -0.322. The topological polar surface area (TPSA) is 100 Å². The molecule has 6 atom stereocenters. The first kappa shape index (κ1) is 20.3. The standard InChI is InChI=1S/C18H29NO6/c1-12(11-23-2)19-10-14-15(20)16(21)17(22)18(25-14)24-9-8-13-6-4-3-5-7-13/h3-7,12,14-22H,8-11H2,1-2H3/t12?,14-,15-,16-,17+,18+/m1/s1. The molecule has 0 spiro atoms. The minimum Gasteiger partial charge on any atom is -0.388 e. The summed E-state index contributed by atoms with van der Waals surface area (Å²) in [7, 11) is 1.61. The molecule has 1 fully saturated rings. The van der Waals surface area contributed by atoms with E-state index >= 15 is 0 Å². The number of rotatable bonds is 9. The minimum absolute atomic E-state index is 0.0715. The summed E-state index contributed by atoms with van der Waals surface area (Å²) in [6.07, 6.45) is -4.80. The van der Waals surface area contributed by atoms with Gasteiger partial charge in [-0.2, -0.15) is 0 Å². The monoisotopic (exact) mass is 355 g/mol. The van der Waals surface area contributed by atoms with Gasteiger partial charge in [-0.15, -0.1) is 0 Å². The van der Waals surface area contributed by atoms with E-state index in [2.05, 4.69) is 5.32 Å². The first-order chi connectivity index (χ1) is 12.0. The van der Waals surface area contributed by atoms with Crippen molar-refractivity contribution < 1.29 is 29.5 Å². The zero-order valence-electron chi connectivity index (χ0n) is 14.7. The highest BCUT2D eigenvalue weighted by Crippen LogP contribution is 2.22. The molecule has 1 heterocycles. The van der Waals surface area contributed by atoms with Crippen LogP contribution in [0.5, 0.6) is 0 Å². The van der Waals surface area contributed by atoms with Gasteiger partial charge in [0.1, 0.15) is 24.4 Å². The molecule has 1 aromatic rings. The third-order valence-corrected chi connectivity index (χ3v) is 4.27. The SMILES string of the molecule is COCC(C)NC[C@H]1O[C@H](OCCc2ccccc2)[C@@H](O)[C@H](O)[C@@H]1O. The van der Waals surface area contributed by atoms with Crippen LogP contribution in [0.2, 0.25) is 0 Å². The second-order valence-corrected chi connectivity index (χ2v) is 6.39. The van der Waals surface area contributed by atoms with Crippen LogP contribution >= 0.6 is 0 Å². The van der Waals surface area contributed by atoms with Gasteiger partial charge in [0.05, 0.1) is 13.2 Å². The van der Waals surface area contributed by atoms with Gasteiger partial charge < -0.3 is 34.8 Å². The number of hydrogen-bond acceptors (Lipinski definition) is 7. The number of aliphatic hydroxyl groups is 3. The molecule has 2 rings (SSSR count). The average Bonchev–Trinajstić information content (AvgIpc) is 2.62. The molecular weight excluding hydrogens is 326 g/mol. The molecule has 0 aliphatic carbocycles. The van der Waals surface area contributed by atoms with E-state index in [-0.39, 0.29) is 6.04 Å². The molecule has 0 aromatic heterocycles. The number of aliphatic hydroxyl groups excluding tert-OH is 3. The second-order valence-electron chi connectivity index (χ2n) is 6.39. The average molecular weight is 355 g/mol. The number of nitrogens with one attached hydrogen (secondary N) is 1.